The summed E-state index contributed by atoms with van der Waals surface area (Å²) in [6, 6.07) is 11.7. The standard InChI is InChI=1S/C27H24FN5O5/c1-37-20-5-2-6-21(22(20)28)38-18-9-7-16(8-10-18)23-19-14-30-11-13-33(19)26(31-23)17-4-3-12-32(15-17)27(36)24(34)25(29)35/h2,5-11,13-14,17H,3-4,12,15H2,1H3,(H2,29,35)/t17-/m1/s1. The maximum absolute atomic E-state index is 14.5. The summed E-state index contributed by atoms with van der Waals surface area (Å²) in [5.74, 6) is -2.87. The fourth-order valence-electron chi connectivity index (χ4n) is 4.62. The van der Waals surface area contributed by atoms with E-state index in [0.29, 0.717) is 30.2 Å². The molecule has 38 heavy (non-hydrogen) atoms. The van der Waals surface area contributed by atoms with E-state index in [1.807, 2.05) is 16.5 Å². The predicted octanol–water partition coefficient (Wildman–Crippen LogP) is 3.10. The molecule has 0 saturated carbocycles. The molecule has 10 nitrogen and oxygen atoms in total. The lowest BCUT2D eigenvalue weighted by Gasteiger charge is -2.31. The largest absolute Gasteiger partial charge is 0.494 e. The first-order valence-corrected chi connectivity index (χ1v) is 11.9. The van der Waals surface area contributed by atoms with Crippen LogP contribution >= 0.6 is 0 Å². The number of hydrogen-bond donors (Lipinski definition) is 1. The van der Waals surface area contributed by atoms with Crippen molar-refractivity contribution in [1.82, 2.24) is 19.3 Å². The van der Waals surface area contributed by atoms with Crippen molar-refractivity contribution < 1.29 is 28.2 Å². The van der Waals surface area contributed by atoms with Gasteiger partial charge in [0.1, 0.15) is 11.6 Å². The molecule has 1 aliphatic rings. The Morgan fingerprint density at radius 2 is 1.87 bits per heavy atom. The van der Waals surface area contributed by atoms with Crippen molar-refractivity contribution in [2.45, 2.75) is 18.8 Å². The molecule has 0 bridgehead atoms. The van der Waals surface area contributed by atoms with Gasteiger partial charge in [-0.2, -0.15) is 4.39 Å². The molecule has 5 rings (SSSR count). The van der Waals surface area contributed by atoms with Crippen LogP contribution in [0.2, 0.25) is 0 Å². The van der Waals surface area contributed by atoms with Crippen LogP contribution in [0.5, 0.6) is 17.2 Å². The third kappa shape index (κ3) is 4.65. The first-order valence-electron chi connectivity index (χ1n) is 11.9. The van der Waals surface area contributed by atoms with E-state index in [1.165, 1.54) is 24.1 Å². The van der Waals surface area contributed by atoms with Gasteiger partial charge in [-0.1, -0.05) is 6.07 Å². The average Bonchev–Trinajstić information content (AvgIpc) is 3.33. The summed E-state index contributed by atoms with van der Waals surface area (Å²) in [7, 11) is 1.39. The first-order chi connectivity index (χ1) is 18.4. The highest BCUT2D eigenvalue weighted by molar-refractivity contribution is 6.62. The van der Waals surface area contributed by atoms with Crippen LogP contribution in [-0.4, -0.2) is 57.1 Å². The predicted molar refractivity (Wildman–Crippen MR) is 134 cm³/mol. The molecule has 0 spiro atoms. The van der Waals surface area contributed by atoms with Crippen LogP contribution < -0.4 is 15.2 Å². The summed E-state index contributed by atoms with van der Waals surface area (Å²) in [5.41, 5.74) is 7.22. The van der Waals surface area contributed by atoms with E-state index in [2.05, 4.69) is 4.98 Å². The molecule has 1 saturated heterocycles. The number of amides is 2. The Hall–Kier alpha value is -4.80. The highest BCUT2D eigenvalue weighted by Crippen LogP contribution is 2.34. The molecule has 2 amide bonds. The molecule has 1 atom stereocenters. The zero-order chi connectivity index (χ0) is 26.8. The van der Waals surface area contributed by atoms with Gasteiger partial charge in [-0.15, -0.1) is 0 Å². The minimum Gasteiger partial charge on any atom is -0.494 e. The second-order valence-corrected chi connectivity index (χ2v) is 8.83. The van der Waals surface area contributed by atoms with Crippen molar-refractivity contribution in [2.75, 3.05) is 20.2 Å². The van der Waals surface area contributed by atoms with Crippen LogP contribution in [0.1, 0.15) is 24.6 Å². The van der Waals surface area contributed by atoms with E-state index in [4.69, 9.17) is 20.2 Å². The number of aromatic nitrogens is 3. The molecular weight excluding hydrogens is 493 g/mol. The summed E-state index contributed by atoms with van der Waals surface area (Å²) in [4.78, 5) is 46.0. The molecule has 3 heterocycles. The van der Waals surface area contributed by atoms with Gasteiger partial charge in [0.05, 0.1) is 24.5 Å². The van der Waals surface area contributed by atoms with E-state index in [1.54, 1.807) is 36.8 Å². The zero-order valence-corrected chi connectivity index (χ0v) is 20.5. The van der Waals surface area contributed by atoms with Crippen LogP contribution in [-0.2, 0) is 14.4 Å². The number of halogens is 1. The number of methoxy groups -OCH3 is 1. The van der Waals surface area contributed by atoms with Gasteiger partial charge < -0.3 is 20.1 Å². The fourth-order valence-corrected chi connectivity index (χ4v) is 4.62. The Bertz CT molecular complexity index is 1530. The summed E-state index contributed by atoms with van der Waals surface area (Å²) in [6.07, 6.45) is 6.52. The van der Waals surface area contributed by atoms with Crippen LogP contribution in [0.15, 0.2) is 61.1 Å². The van der Waals surface area contributed by atoms with Crippen molar-refractivity contribution >= 4 is 23.1 Å². The SMILES string of the molecule is COc1cccc(Oc2ccc(-c3nc([C@@H]4CCCN(C(=O)C(=O)C(N)=O)C4)n4ccncc34)cc2)c1F. The number of Topliss-reactive ketones (excluding diaryl/α,β-unsaturated/α-hetero) is 1. The van der Waals surface area contributed by atoms with Gasteiger partial charge in [-0.25, -0.2) is 4.98 Å². The average molecular weight is 518 g/mol. The number of likely N-dealkylation sites (tertiary alicyclic amines) is 1. The number of benzene rings is 2. The fraction of sp³-hybridized carbons (Fsp3) is 0.222. The number of nitrogens with two attached hydrogens (primary N) is 1. The third-order valence-corrected chi connectivity index (χ3v) is 6.47. The van der Waals surface area contributed by atoms with Gasteiger partial charge in [0.25, 0.3) is 11.8 Å². The van der Waals surface area contributed by atoms with Crippen molar-refractivity contribution in [1.29, 1.82) is 0 Å². The number of ketones is 1. The Labute approximate surface area is 216 Å². The zero-order valence-electron chi connectivity index (χ0n) is 20.5. The number of imidazole rings is 1. The number of hydrogen-bond acceptors (Lipinski definition) is 7. The van der Waals surface area contributed by atoms with Crippen molar-refractivity contribution in [3.8, 4) is 28.5 Å². The normalized spacial score (nSPS) is 15.3. The van der Waals surface area contributed by atoms with Crippen LogP contribution in [0.25, 0.3) is 16.8 Å². The molecule has 2 N–H and O–H groups in total. The number of primary amides is 1. The smallest absolute Gasteiger partial charge is 0.307 e. The Balaban J connectivity index is 1.42. The summed E-state index contributed by atoms with van der Waals surface area (Å²) in [5, 5.41) is 0. The Morgan fingerprint density at radius 3 is 2.61 bits per heavy atom. The van der Waals surface area contributed by atoms with E-state index < -0.39 is 23.4 Å². The molecule has 1 aliphatic heterocycles. The van der Waals surface area contributed by atoms with Gasteiger partial charge in [-0.3, -0.25) is 23.8 Å². The molecule has 0 radical (unpaired) electrons. The van der Waals surface area contributed by atoms with Gasteiger partial charge in [0, 0.05) is 37.0 Å². The summed E-state index contributed by atoms with van der Waals surface area (Å²) in [6.45, 7) is 0.596. The van der Waals surface area contributed by atoms with Gasteiger partial charge >= 0.3 is 5.78 Å². The monoisotopic (exact) mass is 517 g/mol. The number of nitrogens with zero attached hydrogens (tertiary/aromatic N) is 4. The van der Waals surface area contributed by atoms with E-state index in [0.717, 1.165) is 17.5 Å². The molecule has 0 aliphatic carbocycles. The second-order valence-electron chi connectivity index (χ2n) is 8.83. The quantitative estimate of drug-likeness (QED) is 0.295. The van der Waals surface area contributed by atoms with Crippen molar-refractivity contribution in [2.24, 2.45) is 5.73 Å². The van der Waals surface area contributed by atoms with E-state index in [9.17, 15) is 18.8 Å². The van der Waals surface area contributed by atoms with E-state index in [-0.39, 0.29) is 24.0 Å². The maximum Gasteiger partial charge on any atom is 0.307 e. The summed E-state index contributed by atoms with van der Waals surface area (Å²) < 4.78 is 27.1. The molecule has 11 heteroatoms. The number of carbonyl (C=O) groups is 3. The summed E-state index contributed by atoms with van der Waals surface area (Å²) >= 11 is 0. The van der Waals surface area contributed by atoms with Gasteiger partial charge in [0.15, 0.2) is 11.5 Å². The number of piperidine rings is 1. The minimum absolute atomic E-state index is 0.0437. The first kappa shape index (κ1) is 24.9. The number of ether oxygens (including phenoxy) is 2. The van der Waals surface area contributed by atoms with E-state index >= 15 is 0 Å². The minimum atomic E-state index is -1.27. The number of rotatable bonds is 7. The highest BCUT2D eigenvalue weighted by atomic mass is 19.1. The van der Waals surface area contributed by atoms with Crippen LogP contribution in [0.4, 0.5) is 4.39 Å². The Morgan fingerprint density at radius 1 is 1.11 bits per heavy atom. The molecule has 194 valence electrons. The lowest BCUT2D eigenvalue weighted by Crippen LogP contribution is -2.46. The topological polar surface area (TPSA) is 129 Å². The van der Waals surface area contributed by atoms with Gasteiger partial charge in [-0.05, 0) is 49.2 Å². The van der Waals surface area contributed by atoms with Crippen LogP contribution in [0.3, 0.4) is 0 Å². The second kappa shape index (κ2) is 10.3. The highest BCUT2D eigenvalue weighted by Gasteiger charge is 2.33. The molecule has 2 aromatic carbocycles. The number of carbonyl (C=O) groups excluding carboxylic acids is 3. The lowest BCUT2D eigenvalue weighted by molar-refractivity contribution is -0.149. The van der Waals surface area contributed by atoms with Gasteiger partial charge in [0.2, 0.25) is 5.82 Å². The Kier molecular flexibility index (Phi) is 6.73. The molecule has 2 aromatic heterocycles. The molecule has 1 fully saturated rings. The molecule has 0 unspecified atom stereocenters. The maximum atomic E-state index is 14.5. The van der Waals surface area contributed by atoms with Crippen LogP contribution in [0, 0.1) is 5.82 Å². The van der Waals surface area contributed by atoms with Crippen molar-refractivity contribution in [3.05, 3.63) is 72.7 Å². The molecule has 4 aromatic rings. The number of fused-ring (bicyclic) bond motifs is 1. The third-order valence-electron chi connectivity index (χ3n) is 6.47. The lowest BCUT2D eigenvalue weighted by atomic mass is 9.97. The van der Waals surface area contributed by atoms with Crippen molar-refractivity contribution in [3.63, 3.8) is 0 Å². The molecular formula is C27H24FN5O5.